The lowest BCUT2D eigenvalue weighted by atomic mass is 10.00. The van der Waals surface area contributed by atoms with Gasteiger partial charge in [0.1, 0.15) is 0 Å². The summed E-state index contributed by atoms with van der Waals surface area (Å²) in [4.78, 5) is 10.6. The number of hydrogen-bond acceptors (Lipinski definition) is 2. The Morgan fingerprint density at radius 1 is 1.00 bits per heavy atom. The van der Waals surface area contributed by atoms with Crippen LogP contribution >= 0.6 is 0 Å². The van der Waals surface area contributed by atoms with Crippen LogP contribution in [0.3, 0.4) is 0 Å². The normalized spacial score (nSPS) is 11.5. The first-order valence-corrected chi connectivity index (χ1v) is 6.88. The fourth-order valence-electron chi connectivity index (χ4n) is 1.83. The Labute approximate surface area is 106 Å². The molecule has 3 nitrogen and oxygen atoms in total. The molecule has 0 saturated carbocycles. The van der Waals surface area contributed by atoms with Crippen LogP contribution in [0, 0.1) is 0 Å². The third-order valence-corrected chi connectivity index (χ3v) is 2.84. The second-order valence-corrected chi connectivity index (χ2v) is 5.52. The minimum atomic E-state index is -0.502. The van der Waals surface area contributed by atoms with E-state index in [0.717, 1.165) is 25.8 Å². The summed E-state index contributed by atoms with van der Waals surface area (Å²) in [6.07, 6.45) is 9.31. The van der Waals surface area contributed by atoms with Gasteiger partial charge in [-0.2, -0.15) is 0 Å². The molecule has 0 aliphatic heterocycles. The second kappa shape index (κ2) is 9.46. The van der Waals surface area contributed by atoms with Crippen LogP contribution in [0.4, 0.5) is 0 Å². The molecule has 0 aromatic rings. The highest BCUT2D eigenvalue weighted by Crippen LogP contribution is 2.14. The molecule has 0 aromatic heterocycles. The summed E-state index contributed by atoms with van der Waals surface area (Å²) in [7, 11) is 0. The molecule has 2 N–H and O–H groups in total. The van der Waals surface area contributed by atoms with Gasteiger partial charge in [-0.05, 0) is 26.7 Å². The maximum atomic E-state index is 10.6. The summed E-state index contributed by atoms with van der Waals surface area (Å²) in [6.45, 7) is 6.11. The van der Waals surface area contributed by atoms with E-state index in [0.29, 0.717) is 0 Å². The highest BCUT2D eigenvalue weighted by atomic mass is 16.3. The molecule has 0 unspecified atom stereocenters. The van der Waals surface area contributed by atoms with Gasteiger partial charge in [-0.1, -0.05) is 38.5 Å². The lowest BCUT2D eigenvalue weighted by Gasteiger charge is -2.16. The van der Waals surface area contributed by atoms with Crippen molar-refractivity contribution in [2.24, 2.45) is 0 Å². The van der Waals surface area contributed by atoms with Crippen molar-refractivity contribution in [1.29, 1.82) is 0 Å². The van der Waals surface area contributed by atoms with E-state index >= 15 is 0 Å². The molecule has 1 amide bonds. The minimum Gasteiger partial charge on any atom is -0.390 e. The van der Waals surface area contributed by atoms with Crippen molar-refractivity contribution in [3.05, 3.63) is 0 Å². The van der Waals surface area contributed by atoms with Crippen LogP contribution in [0.2, 0.25) is 0 Å². The van der Waals surface area contributed by atoms with E-state index in [1.807, 2.05) is 13.8 Å². The quantitative estimate of drug-likeness (QED) is 0.579. The topological polar surface area (TPSA) is 49.3 Å². The number of nitrogens with one attached hydrogen (secondary N) is 1. The first-order chi connectivity index (χ1) is 7.92. The minimum absolute atomic E-state index is 0.0663. The first-order valence-electron chi connectivity index (χ1n) is 6.88. The van der Waals surface area contributed by atoms with E-state index in [1.54, 1.807) is 6.92 Å². The van der Waals surface area contributed by atoms with E-state index in [1.165, 1.54) is 32.1 Å². The van der Waals surface area contributed by atoms with Gasteiger partial charge in [-0.3, -0.25) is 4.79 Å². The molecule has 0 aromatic carbocycles. The molecule has 0 aliphatic rings. The number of amides is 1. The number of aliphatic hydroxyl groups is 1. The smallest absolute Gasteiger partial charge is 0.216 e. The largest absolute Gasteiger partial charge is 0.390 e. The summed E-state index contributed by atoms with van der Waals surface area (Å²) < 4.78 is 0. The van der Waals surface area contributed by atoms with Gasteiger partial charge in [0.25, 0.3) is 0 Å². The van der Waals surface area contributed by atoms with Crippen molar-refractivity contribution < 1.29 is 9.90 Å². The number of carbonyl (C=O) groups excluding carboxylic acids is 1. The van der Waals surface area contributed by atoms with Gasteiger partial charge < -0.3 is 10.4 Å². The average molecular weight is 243 g/mol. The molecule has 0 saturated heterocycles. The standard InChI is InChI=1S/C14H29NO2/c1-13(16)15-12-10-8-6-4-5-7-9-11-14(2,3)17/h17H,4-12H2,1-3H3,(H,15,16). The van der Waals surface area contributed by atoms with Gasteiger partial charge in [0, 0.05) is 13.5 Å². The van der Waals surface area contributed by atoms with Crippen LogP contribution in [0.25, 0.3) is 0 Å². The summed E-state index contributed by atoms with van der Waals surface area (Å²) >= 11 is 0. The molecular formula is C14H29NO2. The van der Waals surface area contributed by atoms with Crippen LogP contribution in [0.5, 0.6) is 0 Å². The molecule has 0 rings (SSSR count). The fraction of sp³-hybridized carbons (Fsp3) is 0.929. The maximum Gasteiger partial charge on any atom is 0.216 e. The van der Waals surface area contributed by atoms with E-state index in [9.17, 15) is 9.90 Å². The van der Waals surface area contributed by atoms with Gasteiger partial charge in [-0.15, -0.1) is 0 Å². The molecule has 0 heterocycles. The van der Waals surface area contributed by atoms with E-state index in [-0.39, 0.29) is 5.91 Å². The zero-order valence-electron chi connectivity index (χ0n) is 11.7. The van der Waals surface area contributed by atoms with Crippen LogP contribution in [-0.4, -0.2) is 23.2 Å². The molecular weight excluding hydrogens is 214 g/mol. The molecule has 3 heteroatoms. The average Bonchev–Trinajstić information content (AvgIpc) is 2.18. The first kappa shape index (κ1) is 16.4. The number of unbranched alkanes of at least 4 members (excludes halogenated alkanes) is 6. The predicted molar refractivity (Wildman–Crippen MR) is 71.9 cm³/mol. The highest BCUT2D eigenvalue weighted by Gasteiger charge is 2.10. The van der Waals surface area contributed by atoms with Crippen LogP contribution in [0.15, 0.2) is 0 Å². The molecule has 0 spiro atoms. The molecule has 0 atom stereocenters. The number of carbonyl (C=O) groups is 1. The molecule has 17 heavy (non-hydrogen) atoms. The maximum absolute atomic E-state index is 10.6. The van der Waals surface area contributed by atoms with Gasteiger partial charge in [-0.25, -0.2) is 0 Å². The van der Waals surface area contributed by atoms with Gasteiger partial charge in [0.2, 0.25) is 5.91 Å². The fourth-order valence-corrected chi connectivity index (χ4v) is 1.83. The summed E-state index contributed by atoms with van der Waals surface area (Å²) in [5.74, 6) is 0.0663. The molecule has 0 fully saturated rings. The third-order valence-electron chi connectivity index (χ3n) is 2.84. The molecule has 102 valence electrons. The Morgan fingerprint density at radius 2 is 1.47 bits per heavy atom. The van der Waals surface area contributed by atoms with Crippen LogP contribution in [-0.2, 0) is 4.79 Å². The predicted octanol–water partition coefficient (Wildman–Crippen LogP) is 3.01. The Hall–Kier alpha value is -0.570. The summed E-state index contributed by atoms with van der Waals surface area (Å²) in [5.41, 5.74) is -0.502. The molecule has 0 aliphatic carbocycles. The van der Waals surface area contributed by atoms with Crippen molar-refractivity contribution in [2.45, 2.75) is 77.7 Å². The van der Waals surface area contributed by atoms with Gasteiger partial charge >= 0.3 is 0 Å². The zero-order chi connectivity index (χ0) is 13.1. The third kappa shape index (κ3) is 15.4. The highest BCUT2D eigenvalue weighted by molar-refractivity contribution is 5.72. The Kier molecular flexibility index (Phi) is 9.14. The molecule has 0 radical (unpaired) electrons. The van der Waals surface area contributed by atoms with Crippen molar-refractivity contribution in [1.82, 2.24) is 5.32 Å². The lowest BCUT2D eigenvalue weighted by Crippen LogP contribution is -2.20. The second-order valence-electron chi connectivity index (χ2n) is 5.52. The van der Waals surface area contributed by atoms with Gasteiger partial charge in [0.15, 0.2) is 0 Å². The monoisotopic (exact) mass is 243 g/mol. The van der Waals surface area contributed by atoms with E-state index in [4.69, 9.17) is 0 Å². The van der Waals surface area contributed by atoms with Crippen LogP contribution in [0.1, 0.15) is 72.1 Å². The number of rotatable bonds is 10. The Bertz CT molecular complexity index is 197. The van der Waals surface area contributed by atoms with Gasteiger partial charge in [0.05, 0.1) is 5.60 Å². The van der Waals surface area contributed by atoms with Crippen LogP contribution < -0.4 is 5.32 Å². The van der Waals surface area contributed by atoms with E-state index in [2.05, 4.69) is 5.32 Å². The van der Waals surface area contributed by atoms with Crippen molar-refractivity contribution in [3.8, 4) is 0 Å². The Balaban J connectivity index is 3.06. The van der Waals surface area contributed by atoms with E-state index < -0.39 is 5.60 Å². The molecule has 0 bridgehead atoms. The lowest BCUT2D eigenvalue weighted by molar-refractivity contribution is -0.118. The number of hydrogen-bond donors (Lipinski definition) is 2. The van der Waals surface area contributed by atoms with Crippen molar-refractivity contribution in [2.75, 3.05) is 6.54 Å². The van der Waals surface area contributed by atoms with Crippen molar-refractivity contribution in [3.63, 3.8) is 0 Å². The summed E-state index contributed by atoms with van der Waals surface area (Å²) in [6, 6.07) is 0. The van der Waals surface area contributed by atoms with Crippen molar-refractivity contribution >= 4 is 5.91 Å². The summed E-state index contributed by atoms with van der Waals surface area (Å²) in [5, 5.41) is 12.3. The SMILES string of the molecule is CC(=O)NCCCCCCCCCC(C)(C)O. The zero-order valence-corrected chi connectivity index (χ0v) is 11.7. The Morgan fingerprint density at radius 3 is 1.94 bits per heavy atom.